The summed E-state index contributed by atoms with van der Waals surface area (Å²) in [7, 11) is 0. The van der Waals surface area contributed by atoms with E-state index in [4.69, 9.17) is 39.5 Å². The summed E-state index contributed by atoms with van der Waals surface area (Å²) in [5.41, 5.74) is 4.76. The van der Waals surface area contributed by atoms with Gasteiger partial charge in [-0.15, -0.1) is 0 Å². The number of hydrogen-bond acceptors (Lipinski definition) is 4. The minimum Gasteiger partial charge on any atom is -0.452 e. The molecule has 0 aliphatic carbocycles. The lowest BCUT2D eigenvalue weighted by Gasteiger charge is -2.08. The Labute approximate surface area is 158 Å². The van der Waals surface area contributed by atoms with Crippen molar-refractivity contribution in [2.24, 2.45) is 0 Å². The van der Waals surface area contributed by atoms with Crippen LogP contribution in [-0.4, -0.2) is 24.4 Å². The van der Waals surface area contributed by atoms with E-state index in [9.17, 15) is 14.4 Å². The Kier molecular flexibility index (Phi) is 6.64. The molecule has 6 nitrogen and oxygen atoms in total. The van der Waals surface area contributed by atoms with Crippen LogP contribution in [0.15, 0.2) is 42.5 Å². The molecule has 9 heteroatoms. The fraction of sp³-hybridized carbons (Fsp3) is 0.0625. The Balaban J connectivity index is 1.80. The topological polar surface area (TPSA) is 84.5 Å². The number of hydrogen-bond donors (Lipinski definition) is 2. The Morgan fingerprint density at radius 2 is 1.48 bits per heavy atom. The number of carbonyl (C=O) groups excluding carboxylic acids is 3. The molecule has 0 heterocycles. The molecule has 2 N–H and O–H groups in total. The van der Waals surface area contributed by atoms with Gasteiger partial charge in [-0.25, -0.2) is 4.79 Å². The van der Waals surface area contributed by atoms with E-state index < -0.39 is 24.4 Å². The number of halogens is 3. The number of carbonyl (C=O) groups is 3. The van der Waals surface area contributed by atoms with Gasteiger partial charge >= 0.3 is 5.97 Å². The summed E-state index contributed by atoms with van der Waals surface area (Å²) in [6, 6.07) is 10.2. The maximum absolute atomic E-state index is 11.8. The number of amides is 2. The van der Waals surface area contributed by atoms with Crippen molar-refractivity contribution < 1.29 is 19.1 Å². The monoisotopic (exact) mass is 400 g/mol. The van der Waals surface area contributed by atoms with E-state index in [1.807, 2.05) is 0 Å². The quantitative estimate of drug-likeness (QED) is 0.608. The van der Waals surface area contributed by atoms with Crippen LogP contribution in [0.4, 0.5) is 0 Å². The van der Waals surface area contributed by atoms with Crippen molar-refractivity contribution in [1.29, 1.82) is 0 Å². The zero-order valence-electron chi connectivity index (χ0n) is 12.5. The van der Waals surface area contributed by atoms with E-state index in [0.717, 1.165) is 0 Å². The summed E-state index contributed by atoms with van der Waals surface area (Å²) in [5, 5.41) is 0.964. The van der Waals surface area contributed by atoms with Gasteiger partial charge in [0.05, 0.1) is 15.6 Å². The zero-order valence-corrected chi connectivity index (χ0v) is 14.8. The maximum Gasteiger partial charge on any atom is 0.338 e. The van der Waals surface area contributed by atoms with Crippen molar-refractivity contribution in [2.75, 3.05) is 6.61 Å². The van der Waals surface area contributed by atoms with Crippen molar-refractivity contribution in [2.45, 2.75) is 0 Å². The molecule has 0 aliphatic heterocycles. The zero-order chi connectivity index (χ0) is 18.4. The molecule has 0 saturated carbocycles. The molecular weight excluding hydrogens is 391 g/mol. The average molecular weight is 402 g/mol. The normalized spacial score (nSPS) is 10.0. The van der Waals surface area contributed by atoms with Crippen LogP contribution in [0.3, 0.4) is 0 Å². The number of benzene rings is 2. The molecule has 0 radical (unpaired) electrons. The lowest BCUT2D eigenvalue weighted by molar-refractivity contribution is -0.125. The van der Waals surface area contributed by atoms with Crippen LogP contribution in [0.1, 0.15) is 20.7 Å². The van der Waals surface area contributed by atoms with Gasteiger partial charge in [-0.3, -0.25) is 20.4 Å². The molecule has 0 saturated heterocycles. The second-order valence-corrected chi connectivity index (χ2v) is 5.97. The van der Waals surface area contributed by atoms with Crippen LogP contribution in [0, 0.1) is 0 Å². The summed E-state index contributed by atoms with van der Waals surface area (Å²) in [6.45, 7) is -0.583. The standard InChI is InChI=1S/C16H11Cl3N2O4/c17-11-4-1-9(2-5-11)15(23)21-20-14(22)8-25-16(24)10-3-6-12(18)13(19)7-10/h1-7H,8H2,(H,20,22)(H,21,23). The fourth-order valence-corrected chi connectivity index (χ4v) is 2.10. The summed E-state index contributed by atoms with van der Waals surface area (Å²) in [6.07, 6.45) is 0. The van der Waals surface area contributed by atoms with Gasteiger partial charge in [-0.2, -0.15) is 0 Å². The van der Waals surface area contributed by atoms with Gasteiger partial charge in [0.15, 0.2) is 6.61 Å². The van der Waals surface area contributed by atoms with E-state index in [1.54, 1.807) is 0 Å². The predicted molar refractivity (Wildman–Crippen MR) is 93.8 cm³/mol. The molecule has 0 aromatic heterocycles. The molecule has 0 aliphatic rings. The van der Waals surface area contributed by atoms with Crippen LogP contribution in [-0.2, 0) is 9.53 Å². The third kappa shape index (κ3) is 5.63. The van der Waals surface area contributed by atoms with Crippen molar-refractivity contribution in [3.05, 3.63) is 68.7 Å². The fourth-order valence-electron chi connectivity index (χ4n) is 1.67. The second kappa shape index (κ2) is 8.71. The van der Waals surface area contributed by atoms with Crippen LogP contribution < -0.4 is 10.9 Å². The lowest BCUT2D eigenvalue weighted by Crippen LogP contribution is -2.43. The average Bonchev–Trinajstić information content (AvgIpc) is 2.60. The molecule has 2 rings (SSSR count). The van der Waals surface area contributed by atoms with Gasteiger partial charge < -0.3 is 4.74 Å². The highest BCUT2D eigenvalue weighted by atomic mass is 35.5. The summed E-state index contributed by atoms with van der Waals surface area (Å²) in [5.74, 6) is -2.01. The summed E-state index contributed by atoms with van der Waals surface area (Å²) >= 11 is 17.3. The Hall–Kier alpha value is -2.28. The van der Waals surface area contributed by atoms with Crippen LogP contribution in [0.25, 0.3) is 0 Å². The third-order valence-electron chi connectivity index (χ3n) is 2.91. The molecule has 2 aromatic carbocycles. The molecule has 0 atom stereocenters. The number of nitrogens with one attached hydrogen (secondary N) is 2. The molecular formula is C16H11Cl3N2O4. The number of esters is 1. The van der Waals surface area contributed by atoms with Gasteiger partial charge in [0.2, 0.25) is 0 Å². The van der Waals surface area contributed by atoms with E-state index >= 15 is 0 Å². The van der Waals surface area contributed by atoms with Crippen molar-refractivity contribution >= 4 is 52.6 Å². The van der Waals surface area contributed by atoms with Gasteiger partial charge in [0.1, 0.15) is 0 Å². The first kappa shape index (κ1) is 19.1. The second-order valence-electron chi connectivity index (χ2n) is 4.71. The van der Waals surface area contributed by atoms with Gasteiger partial charge in [-0.1, -0.05) is 34.8 Å². The van der Waals surface area contributed by atoms with Gasteiger partial charge in [0.25, 0.3) is 11.8 Å². The van der Waals surface area contributed by atoms with Crippen LogP contribution >= 0.6 is 34.8 Å². The summed E-state index contributed by atoms with van der Waals surface area (Å²) in [4.78, 5) is 35.2. The largest absolute Gasteiger partial charge is 0.452 e. The molecule has 2 aromatic rings. The van der Waals surface area contributed by atoms with Gasteiger partial charge in [-0.05, 0) is 42.5 Å². The van der Waals surface area contributed by atoms with E-state index in [-0.39, 0.29) is 10.6 Å². The first-order valence-electron chi connectivity index (χ1n) is 6.84. The molecule has 0 unspecified atom stereocenters. The highest BCUT2D eigenvalue weighted by molar-refractivity contribution is 6.42. The highest BCUT2D eigenvalue weighted by Crippen LogP contribution is 2.22. The molecule has 2 amide bonds. The Morgan fingerprint density at radius 1 is 0.840 bits per heavy atom. The molecule has 0 fully saturated rings. The van der Waals surface area contributed by atoms with Crippen LogP contribution in [0.5, 0.6) is 0 Å². The first-order chi connectivity index (χ1) is 11.9. The van der Waals surface area contributed by atoms with Crippen molar-refractivity contribution in [1.82, 2.24) is 10.9 Å². The highest BCUT2D eigenvalue weighted by Gasteiger charge is 2.13. The lowest BCUT2D eigenvalue weighted by atomic mass is 10.2. The predicted octanol–water partition coefficient (Wildman–Crippen LogP) is 3.26. The van der Waals surface area contributed by atoms with Crippen LogP contribution in [0.2, 0.25) is 15.1 Å². The SMILES string of the molecule is O=C(COC(=O)c1ccc(Cl)c(Cl)c1)NNC(=O)c1ccc(Cl)cc1. The molecule has 130 valence electrons. The third-order valence-corrected chi connectivity index (χ3v) is 3.90. The maximum atomic E-state index is 11.8. The van der Waals surface area contributed by atoms with E-state index in [1.165, 1.54) is 42.5 Å². The first-order valence-corrected chi connectivity index (χ1v) is 7.97. The molecule has 25 heavy (non-hydrogen) atoms. The molecule has 0 spiro atoms. The number of hydrazine groups is 1. The van der Waals surface area contributed by atoms with E-state index in [0.29, 0.717) is 15.6 Å². The van der Waals surface area contributed by atoms with Gasteiger partial charge in [0, 0.05) is 10.6 Å². The number of rotatable bonds is 4. The van der Waals surface area contributed by atoms with Crippen molar-refractivity contribution in [3.8, 4) is 0 Å². The van der Waals surface area contributed by atoms with Crippen molar-refractivity contribution in [3.63, 3.8) is 0 Å². The van der Waals surface area contributed by atoms with E-state index in [2.05, 4.69) is 10.9 Å². The summed E-state index contributed by atoms with van der Waals surface area (Å²) < 4.78 is 4.82. The Morgan fingerprint density at radius 3 is 2.12 bits per heavy atom. The number of ether oxygens (including phenoxy) is 1. The Bertz CT molecular complexity index is 810. The molecule has 0 bridgehead atoms. The minimum absolute atomic E-state index is 0.146. The smallest absolute Gasteiger partial charge is 0.338 e. The minimum atomic E-state index is -0.752.